The third-order valence-electron chi connectivity index (χ3n) is 4.91. The molecule has 0 spiro atoms. The van der Waals surface area contributed by atoms with Gasteiger partial charge in [-0.2, -0.15) is 18.4 Å². The number of rotatable bonds is 5. The largest absolute Gasteiger partial charge is 0.416 e. The van der Waals surface area contributed by atoms with Crippen LogP contribution in [-0.4, -0.2) is 10.5 Å². The number of amides is 1. The second kappa shape index (κ2) is 8.92. The van der Waals surface area contributed by atoms with Crippen molar-refractivity contribution < 1.29 is 18.0 Å². The highest BCUT2D eigenvalue weighted by atomic mass is 19.4. The first-order chi connectivity index (χ1) is 14.7. The minimum Gasteiger partial charge on any atom is -0.344 e. The summed E-state index contributed by atoms with van der Waals surface area (Å²) in [7, 11) is 0. The number of aromatic nitrogens is 1. The van der Waals surface area contributed by atoms with Gasteiger partial charge in [-0.1, -0.05) is 36.4 Å². The molecule has 0 aliphatic rings. The second-order valence-corrected chi connectivity index (χ2v) is 7.10. The predicted molar refractivity (Wildman–Crippen MR) is 113 cm³/mol. The number of aryl methyl sites for hydroxylation is 1. The number of anilines is 1. The molecule has 4 nitrogen and oxygen atoms in total. The van der Waals surface area contributed by atoms with Crippen LogP contribution in [0.15, 0.2) is 66.2 Å². The molecular formula is C24H20F3N3O. The van der Waals surface area contributed by atoms with Crippen LogP contribution in [0.25, 0.3) is 6.08 Å². The highest BCUT2D eigenvalue weighted by Crippen LogP contribution is 2.30. The summed E-state index contributed by atoms with van der Waals surface area (Å²) in [6.07, 6.45) is -3.07. The molecule has 0 fully saturated rings. The van der Waals surface area contributed by atoms with Gasteiger partial charge in [0, 0.05) is 23.6 Å². The fraction of sp³-hybridized carbons (Fsp3) is 0.167. The van der Waals surface area contributed by atoms with Gasteiger partial charge in [-0.15, -0.1) is 0 Å². The van der Waals surface area contributed by atoms with Gasteiger partial charge in [0.25, 0.3) is 5.91 Å². The maximum Gasteiger partial charge on any atom is 0.416 e. The molecule has 3 rings (SSSR count). The Morgan fingerprint density at radius 2 is 1.81 bits per heavy atom. The third kappa shape index (κ3) is 5.23. The molecule has 1 amide bonds. The zero-order valence-corrected chi connectivity index (χ0v) is 17.0. The van der Waals surface area contributed by atoms with Crippen molar-refractivity contribution in [3.8, 4) is 6.07 Å². The van der Waals surface area contributed by atoms with Crippen LogP contribution in [0.2, 0.25) is 0 Å². The number of hydrogen-bond donors (Lipinski definition) is 1. The number of benzene rings is 2. The number of hydrogen-bond acceptors (Lipinski definition) is 2. The van der Waals surface area contributed by atoms with Crippen LogP contribution >= 0.6 is 0 Å². The molecule has 0 radical (unpaired) electrons. The lowest BCUT2D eigenvalue weighted by Crippen LogP contribution is -2.14. The summed E-state index contributed by atoms with van der Waals surface area (Å²) < 4.78 is 40.7. The summed E-state index contributed by atoms with van der Waals surface area (Å²) in [6.45, 7) is 4.47. The van der Waals surface area contributed by atoms with Crippen molar-refractivity contribution in [3.05, 3.63) is 94.3 Å². The van der Waals surface area contributed by atoms with Gasteiger partial charge in [0.15, 0.2) is 0 Å². The summed E-state index contributed by atoms with van der Waals surface area (Å²) >= 11 is 0. The molecule has 0 unspecified atom stereocenters. The van der Waals surface area contributed by atoms with Crippen molar-refractivity contribution in [2.24, 2.45) is 0 Å². The van der Waals surface area contributed by atoms with E-state index in [0.717, 1.165) is 29.1 Å². The van der Waals surface area contributed by atoms with Crippen LogP contribution in [0.5, 0.6) is 0 Å². The highest BCUT2D eigenvalue weighted by Gasteiger charge is 2.30. The molecule has 158 valence electrons. The van der Waals surface area contributed by atoms with Crippen LogP contribution in [0.3, 0.4) is 0 Å². The molecule has 3 aromatic rings. The van der Waals surface area contributed by atoms with Crippen LogP contribution in [0.4, 0.5) is 18.9 Å². The Balaban J connectivity index is 1.84. The van der Waals surface area contributed by atoms with E-state index in [-0.39, 0.29) is 11.3 Å². The highest BCUT2D eigenvalue weighted by molar-refractivity contribution is 6.09. The van der Waals surface area contributed by atoms with E-state index in [1.807, 2.05) is 56.3 Å². The normalized spacial score (nSPS) is 11.8. The summed E-state index contributed by atoms with van der Waals surface area (Å²) in [5.74, 6) is -0.769. The number of nitrogens with one attached hydrogen (secondary N) is 1. The molecule has 1 heterocycles. The number of carbonyl (C=O) groups excluding carboxylic acids is 1. The van der Waals surface area contributed by atoms with E-state index in [1.54, 1.807) is 0 Å². The number of nitrogens with zero attached hydrogens (tertiary/aromatic N) is 2. The molecule has 0 saturated heterocycles. The molecule has 7 heteroatoms. The minimum atomic E-state index is -4.52. The molecule has 31 heavy (non-hydrogen) atoms. The van der Waals surface area contributed by atoms with E-state index < -0.39 is 17.6 Å². The molecule has 0 bridgehead atoms. The smallest absolute Gasteiger partial charge is 0.344 e. The number of halogens is 3. The molecule has 0 aliphatic carbocycles. The average molecular weight is 423 g/mol. The van der Waals surface area contributed by atoms with Gasteiger partial charge >= 0.3 is 6.18 Å². The lowest BCUT2D eigenvalue weighted by Gasteiger charge is -2.10. The Morgan fingerprint density at radius 1 is 1.10 bits per heavy atom. The van der Waals surface area contributed by atoms with E-state index in [4.69, 9.17) is 0 Å². The maximum absolute atomic E-state index is 12.9. The van der Waals surface area contributed by atoms with Crippen molar-refractivity contribution in [1.82, 2.24) is 4.57 Å². The quantitative estimate of drug-likeness (QED) is 0.422. The van der Waals surface area contributed by atoms with E-state index in [0.29, 0.717) is 12.1 Å². The Labute approximate surface area is 178 Å². The van der Waals surface area contributed by atoms with Crippen molar-refractivity contribution in [1.29, 1.82) is 5.26 Å². The van der Waals surface area contributed by atoms with Gasteiger partial charge in [-0.25, -0.2) is 0 Å². The number of carbonyl (C=O) groups is 1. The van der Waals surface area contributed by atoms with Crippen LogP contribution in [-0.2, 0) is 17.5 Å². The number of alkyl halides is 3. The Morgan fingerprint density at radius 3 is 2.45 bits per heavy atom. The van der Waals surface area contributed by atoms with E-state index in [9.17, 15) is 23.2 Å². The van der Waals surface area contributed by atoms with Gasteiger partial charge < -0.3 is 9.88 Å². The molecule has 0 aliphatic heterocycles. The predicted octanol–water partition coefficient (Wildman–Crippen LogP) is 5.72. The molecule has 0 atom stereocenters. The maximum atomic E-state index is 12.9. The van der Waals surface area contributed by atoms with Gasteiger partial charge in [0.2, 0.25) is 0 Å². The Bertz CT molecular complexity index is 1170. The first kappa shape index (κ1) is 21.9. The van der Waals surface area contributed by atoms with Gasteiger partial charge in [-0.3, -0.25) is 4.79 Å². The van der Waals surface area contributed by atoms with Crippen LogP contribution < -0.4 is 5.32 Å². The summed E-state index contributed by atoms with van der Waals surface area (Å²) in [4.78, 5) is 12.5. The van der Waals surface area contributed by atoms with Crippen molar-refractivity contribution >= 4 is 17.7 Å². The third-order valence-corrected chi connectivity index (χ3v) is 4.91. The van der Waals surface area contributed by atoms with Gasteiger partial charge in [0.1, 0.15) is 11.6 Å². The minimum absolute atomic E-state index is 0.0319. The zero-order valence-electron chi connectivity index (χ0n) is 17.0. The average Bonchev–Trinajstić information content (AvgIpc) is 2.99. The van der Waals surface area contributed by atoms with Gasteiger partial charge in [-0.05, 0) is 55.3 Å². The van der Waals surface area contributed by atoms with Gasteiger partial charge in [0.05, 0.1) is 5.56 Å². The summed E-state index contributed by atoms with van der Waals surface area (Å²) in [5.41, 5.74) is 2.54. The standard InChI is InChI=1S/C24H20F3N3O/c1-16-11-19(17(2)30(16)15-18-7-4-3-5-8-18)12-20(14-28)23(31)29-22-10-6-9-21(13-22)24(25,26)27/h3-13H,15H2,1-2H3,(H,29,31)/b20-12-. The molecular weight excluding hydrogens is 403 g/mol. The summed E-state index contributed by atoms with van der Waals surface area (Å²) in [6, 6.07) is 17.9. The van der Waals surface area contributed by atoms with Crippen molar-refractivity contribution in [2.45, 2.75) is 26.6 Å². The molecule has 1 N–H and O–H groups in total. The fourth-order valence-electron chi connectivity index (χ4n) is 3.26. The molecule has 0 saturated carbocycles. The second-order valence-electron chi connectivity index (χ2n) is 7.10. The Hall–Kier alpha value is -3.79. The first-order valence-electron chi connectivity index (χ1n) is 9.50. The zero-order chi connectivity index (χ0) is 22.6. The summed E-state index contributed by atoms with van der Waals surface area (Å²) in [5, 5.41) is 11.8. The first-order valence-corrected chi connectivity index (χ1v) is 9.50. The van der Waals surface area contributed by atoms with E-state index in [2.05, 4.69) is 9.88 Å². The lowest BCUT2D eigenvalue weighted by atomic mass is 10.1. The lowest BCUT2D eigenvalue weighted by molar-refractivity contribution is -0.137. The molecule has 2 aromatic carbocycles. The monoisotopic (exact) mass is 423 g/mol. The van der Waals surface area contributed by atoms with Crippen LogP contribution in [0.1, 0.15) is 28.1 Å². The van der Waals surface area contributed by atoms with Crippen molar-refractivity contribution in [2.75, 3.05) is 5.32 Å². The fourth-order valence-corrected chi connectivity index (χ4v) is 3.26. The molecule has 1 aromatic heterocycles. The van der Waals surface area contributed by atoms with E-state index in [1.165, 1.54) is 18.2 Å². The Kier molecular flexibility index (Phi) is 6.30. The van der Waals surface area contributed by atoms with E-state index >= 15 is 0 Å². The van der Waals surface area contributed by atoms with Crippen molar-refractivity contribution in [3.63, 3.8) is 0 Å². The topological polar surface area (TPSA) is 57.8 Å². The number of nitriles is 1. The van der Waals surface area contributed by atoms with Crippen LogP contribution in [0, 0.1) is 25.2 Å². The SMILES string of the molecule is Cc1cc(/C=C(/C#N)C(=O)Nc2cccc(C(F)(F)F)c2)c(C)n1Cc1ccccc1.